The molecule has 4 N–H and O–H groups in total. The topological polar surface area (TPSA) is 96.8 Å². The molecule has 0 aromatic rings. The summed E-state index contributed by atoms with van der Waals surface area (Å²) in [6, 6.07) is -0.760. The Morgan fingerprint density at radius 3 is 2.22 bits per heavy atom. The Hall–Kier alpha value is -0.400. The van der Waals surface area contributed by atoms with Crippen molar-refractivity contribution in [2.24, 2.45) is 11.5 Å². The molecule has 0 aromatic heterocycles. The van der Waals surface area contributed by atoms with Gasteiger partial charge in [-0.05, 0) is 20.8 Å². The van der Waals surface area contributed by atoms with E-state index in [9.17, 15) is 4.79 Å². The van der Waals surface area contributed by atoms with Crippen LogP contribution in [-0.4, -0.2) is 50.6 Å². The Morgan fingerprint density at radius 1 is 1.17 bits per heavy atom. The molecule has 0 aromatic carbocycles. The van der Waals surface area contributed by atoms with Crippen LogP contribution in [0.3, 0.4) is 0 Å². The normalized spacial score (nSPS) is 12.7. The van der Waals surface area contributed by atoms with Crippen LogP contribution in [0.2, 0.25) is 0 Å². The first-order chi connectivity index (χ1) is 7.87. The minimum atomic E-state index is -0.760. The number of ether oxygens (including phenoxy) is 3. The SMILES string of the molecule is CC(C)(C)OC(=O)C(N)COCCOCCN.Cl. The van der Waals surface area contributed by atoms with Crippen LogP contribution in [0.15, 0.2) is 0 Å². The molecule has 0 saturated carbocycles. The van der Waals surface area contributed by atoms with Crippen LogP contribution >= 0.6 is 12.4 Å². The summed E-state index contributed by atoms with van der Waals surface area (Å²) in [5.41, 5.74) is 10.3. The molecule has 0 heterocycles. The molecule has 0 spiro atoms. The lowest BCUT2D eigenvalue weighted by Crippen LogP contribution is -2.40. The highest BCUT2D eigenvalue weighted by Gasteiger charge is 2.21. The van der Waals surface area contributed by atoms with Crippen LogP contribution in [0.4, 0.5) is 0 Å². The van der Waals surface area contributed by atoms with Crippen molar-refractivity contribution >= 4 is 18.4 Å². The molecule has 6 nitrogen and oxygen atoms in total. The summed E-state index contributed by atoms with van der Waals surface area (Å²) in [5.74, 6) is -0.458. The van der Waals surface area contributed by atoms with E-state index >= 15 is 0 Å². The molecule has 0 aliphatic carbocycles. The van der Waals surface area contributed by atoms with Gasteiger partial charge in [0.1, 0.15) is 11.6 Å². The summed E-state index contributed by atoms with van der Waals surface area (Å²) in [7, 11) is 0. The molecule has 0 fully saturated rings. The second-order valence-corrected chi connectivity index (χ2v) is 4.62. The summed E-state index contributed by atoms with van der Waals surface area (Å²) in [6.07, 6.45) is 0. The third-order valence-electron chi connectivity index (χ3n) is 1.64. The van der Waals surface area contributed by atoms with Gasteiger partial charge in [0.05, 0.1) is 26.4 Å². The van der Waals surface area contributed by atoms with Gasteiger partial charge in [-0.2, -0.15) is 0 Å². The van der Waals surface area contributed by atoms with E-state index in [4.69, 9.17) is 25.7 Å². The highest BCUT2D eigenvalue weighted by molar-refractivity contribution is 5.85. The number of esters is 1. The van der Waals surface area contributed by atoms with Gasteiger partial charge < -0.3 is 25.7 Å². The van der Waals surface area contributed by atoms with E-state index in [1.165, 1.54) is 0 Å². The van der Waals surface area contributed by atoms with Crippen molar-refractivity contribution in [3.63, 3.8) is 0 Å². The van der Waals surface area contributed by atoms with E-state index in [2.05, 4.69) is 0 Å². The molecule has 0 saturated heterocycles. The predicted molar refractivity (Wildman–Crippen MR) is 71.8 cm³/mol. The maximum atomic E-state index is 11.4. The summed E-state index contributed by atoms with van der Waals surface area (Å²) in [4.78, 5) is 11.4. The molecule has 1 unspecified atom stereocenters. The van der Waals surface area contributed by atoms with Crippen LogP contribution in [0.1, 0.15) is 20.8 Å². The van der Waals surface area contributed by atoms with Gasteiger partial charge >= 0.3 is 5.97 Å². The average Bonchev–Trinajstić information content (AvgIpc) is 2.20. The van der Waals surface area contributed by atoms with Crippen LogP contribution in [0.25, 0.3) is 0 Å². The Morgan fingerprint density at radius 2 is 1.72 bits per heavy atom. The first-order valence-electron chi connectivity index (χ1n) is 5.71. The molecule has 0 amide bonds. The zero-order valence-electron chi connectivity index (χ0n) is 11.3. The molecular weight excluding hydrogens is 260 g/mol. The van der Waals surface area contributed by atoms with Crippen molar-refractivity contribution in [1.82, 2.24) is 0 Å². The molecule has 0 bridgehead atoms. The van der Waals surface area contributed by atoms with E-state index in [0.29, 0.717) is 26.4 Å². The lowest BCUT2D eigenvalue weighted by Gasteiger charge is -2.22. The van der Waals surface area contributed by atoms with E-state index < -0.39 is 17.6 Å². The Kier molecular flexibility index (Phi) is 11.6. The van der Waals surface area contributed by atoms with Gasteiger partial charge in [-0.3, -0.25) is 4.79 Å². The van der Waals surface area contributed by atoms with Crippen molar-refractivity contribution in [2.45, 2.75) is 32.4 Å². The first-order valence-corrected chi connectivity index (χ1v) is 5.71. The van der Waals surface area contributed by atoms with Crippen LogP contribution < -0.4 is 11.5 Å². The van der Waals surface area contributed by atoms with Gasteiger partial charge in [-0.1, -0.05) is 0 Å². The second kappa shape index (κ2) is 10.5. The Labute approximate surface area is 115 Å². The number of hydrogen-bond acceptors (Lipinski definition) is 6. The molecule has 1 atom stereocenters. The number of hydrogen-bond donors (Lipinski definition) is 2. The quantitative estimate of drug-likeness (QED) is 0.484. The number of rotatable bonds is 8. The van der Waals surface area contributed by atoms with Crippen molar-refractivity contribution < 1.29 is 19.0 Å². The van der Waals surface area contributed by atoms with Crippen LogP contribution in [0.5, 0.6) is 0 Å². The summed E-state index contributed by atoms with van der Waals surface area (Å²) < 4.78 is 15.4. The van der Waals surface area contributed by atoms with E-state index in [1.807, 2.05) is 0 Å². The maximum absolute atomic E-state index is 11.4. The minimum absolute atomic E-state index is 0. The maximum Gasteiger partial charge on any atom is 0.325 e. The molecule has 7 heteroatoms. The van der Waals surface area contributed by atoms with E-state index in [0.717, 1.165) is 0 Å². The fraction of sp³-hybridized carbons (Fsp3) is 0.909. The number of carbonyl (C=O) groups excluding carboxylic acids is 1. The first kappa shape index (κ1) is 19.9. The Bertz CT molecular complexity index is 222. The Balaban J connectivity index is 0. The highest BCUT2D eigenvalue weighted by Crippen LogP contribution is 2.07. The van der Waals surface area contributed by atoms with Gasteiger partial charge in [0.2, 0.25) is 0 Å². The monoisotopic (exact) mass is 284 g/mol. The van der Waals surface area contributed by atoms with Gasteiger partial charge in [0.25, 0.3) is 0 Å². The summed E-state index contributed by atoms with van der Waals surface area (Å²) in [5, 5.41) is 0. The number of halogens is 1. The largest absolute Gasteiger partial charge is 0.459 e. The fourth-order valence-electron chi connectivity index (χ4n) is 0.959. The molecule has 0 rings (SSSR count). The number of nitrogens with two attached hydrogens (primary N) is 2. The average molecular weight is 285 g/mol. The van der Waals surface area contributed by atoms with Gasteiger partial charge in [-0.25, -0.2) is 0 Å². The van der Waals surface area contributed by atoms with Crippen molar-refractivity contribution in [1.29, 1.82) is 0 Å². The smallest absolute Gasteiger partial charge is 0.325 e. The lowest BCUT2D eigenvalue weighted by atomic mass is 10.2. The summed E-state index contributed by atoms with van der Waals surface area (Å²) >= 11 is 0. The minimum Gasteiger partial charge on any atom is -0.459 e. The molecule has 110 valence electrons. The third-order valence-corrected chi connectivity index (χ3v) is 1.64. The third kappa shape index (κ3) is 12.1. The van der Waals surface area contributed by atoms with Gasteiger partial charge in [0.15, 0.2) is 0 Å². The van der Waals surface area contributed by atoms with Crippen LogP contribution in [-0.2, 0) is 19.0 Å². The lowest BCUT2D eigenvalue weighted by molar-refractivity contribution is -0.158. The summed E-state index contributed by atoms with van der Waals surface area (Å²) in [6.45, 7) is 7.31. The fourth-order valence-corrected chi connectivity index (χ4v) is 0.959. The van der Waals surface area contributed by atoms with E-state index in [-0.39, 0.29) is 19.0 Å². The van der Waals surface area contributed by atoms with Gasteiger partial charge in [-0.15, -0.1) is 12.4 Å². The van der Waals surface area contributed by atoms with Crippen molar-refractivity contribution in [3.05, 3.63) is 0 Å². The molecular formula is C11H25ClN2O4. The number of carbonyl (C=O) groups is 1. The van der Waals surface area contributed by atoms with Crippen molar-refractivity contribution in [3.8, 4) is 0 Å². The van der Waals surface area contributed by atoms with E-state index in [1.54, 1.807) is 20.8 Å². The molecule has 0 radical (unpaired) electrons. The standard InChI is InChI=1S/C11H24N2O4.ClH/c1-11(2,3)17-10(14)9(13)8-16-7-6-15-5-4-12;/h9H,4-8,12-13H2,1-3H3;1H. The van der Waals surface area contributed by atoms with Gasteiger partial charge in [0, 0.05) is 6.54 Å². The molecule has 0 aliphatic heterocycles. The highest BCUT2D eigenvalue weighted by atomic mass is 35.5. The molecule has 0 aliphatic rings. The zero-order valence-corrected chi connectivity index (χ0v) is 12.1. The van der Waals surface area contributed by atoms with Crippen molar-refractivity contribution in [2.75, 3.05) is 33.0 Å². The second-order valence-electron chi connectivity index (χ2n) is 4.62. The molecule has 18 heavy (non-hydrogen) atoms. The predicted octanol–water partition coefficient (Wildman–Crippen LogP) is 0.0691. The zero-order chi connectivity index (χ0) is 13.3. The van der Waals surface area contributed by atoms with Crippen LogP contribution in [0, 0.1) is 0 Å².